The van der Waals surface area contributed by atoms with Gasteiger partial charge in [-0.05, 0) is 64.4 Å². The molecular weight excluding hydrogens is 407 g/mol. The zero-order valence-corrected chi connectivity index (χ0v) is 19.5. The Morgan fingerprint density at radius 2 is 1.03 bits per heavy atom. The van der Waals surface area contributed by atoms with Crippen molar-refractivity contribution in [2.24, 2.45) is 0 Å². The molecule has 0 bridgehead atoms. The first-order chi connectivity index (χ1) is 16.6. The Balaban J connectivity index is 1.75. The standard InChI is InChI=1S/C33H25B/c1-22-8-13-26(14-9-22)33(27-15-10-23(2)11-16-27)31-20-25(24-6-4-3-5-7-24)12-18-29(31)30-19-17-28(34)21-32(30)33/h3-21H,1-2H3. The maximum Gasteiger partial charge on any atom is 0.113 e. The summed E-state index contributed by atoms with van der Waals surface area (Å²) in [6, 6.07) is 42.0. The van der Waals surface area contributed by atoms with Gasteiger partial charge in [-0.3, -0.25) is 0 Å². The molecule has 0 nitrogen and oxygen atoms in total. The van der Waals surface area contributed by atoms with Crippen LogP contribution in [0.4, 0.5) is 0 Å². The second-order valence-electron chi connectivity index (χ2n) is 9.41. The molecule has 0 spiro atoms. The number of fused-ring (bicyclic) bond motifs is 3. The van der Waals surface area contributed by atoms with E-state index in [0.717, 1.165) is 5.46 Å². The van der Waals surface area contributed by atoms with Crippen LogP contribution in [0.2, 0.25) is 0 Å². The van der Waals surface area contributed by atoms with Crippen LogP contribution in [-0.4, -0.2) is 7.85 Å². The summed E-state index contributed by atoms with van der Waals surface area (Å²) in [5.74, 6) is 0. The average Bonchev–Trinajstić information content (AvgIpc) is 3.15. The van der Waals surface area contributed by atoms with Crippen LogP contribution in [0.3, 0.4) is 0 Å². The van der Waals surface area contributed by atoms with Crippen LogP contribution >= 0.6 is 0 Å². The lowest BCUT2D eigenvalue weighted by Crippen LogP contribution is -2.29. The first kappa shape index (κ1) is 20.7. The third-order valence-electron chi connectivity index (χ3n) is 7.24. The zero-order valence-electron chi connectivity index (χ0n) is 19.5. The van der Waals surface area contributed by atoms with Crippen molar-refractivity contribution in [2.45, 2.75) is 19.3 Å². The highest BCUT2D eigenvalue weighted by molar-refractivity contribution is 6.32. The number of rotatable bonds is 3. The van der Waals surface area contributed by atoms with Gasteiger partial charge in [-0.25, -0.2) is 0 Å². The normalized spacial score (nSPS) is 13.4. The quantitative estimate of drug-likeness (QED) is 0.261. The smallest absolute Gasteiger partial charge is 0.0963 e. The molecule has 0 amide bonds. The Morgan fingerprint density at radius 1 is 0.500 bits per heavy atom. The molecule has 0 atom stereocenters. The Labute approximate surface area is 203 Å². The van der Waals surface area contributed by atoms with Gasteiger partial charge in [-0.1, -0.05) is 126 Å². The summed E-state index contributed by atoms with van der Waals surface area (Å²) >= 11 is 0. The molecule has 6 rings (SSSR count). The van der Waals surface area contributed by atoms with Gasteiger partial charge in [-0.15, -0.1) is 0 Å². The summed E-state index contributed by atoms with van der Waals surface area (Å²) in [4.78, 5) is 0. The van der Waals surface area contributed by atoms with Gasteiger partial charge in [0.1, 0.15) is 7.85 Å². The van der Waals surface area contributed by atoms with Crippen LogP contribution in [-0.2, 0) is 5.41 Å². The highest BCUT2D eigenvalue weighted by Gasteiger charge is 2.46. The first-order valence-corrected chi connectivity index (χ1v) is 11.8. The minimum absolute atomic E-state index is 0.438. The fourth-order valence-electron chi connectivity index (χ4n) is 5.55. The Hall–Kier alpha value is -3.84. The Bertz CT molecular complexity index is 1450. The highest BCUT2D eigenvalue weighted by Crippen LogP contribution is 2.56. The van der Waals surface area contributed by atoms with Gasteiger partial charge in [0.2, 0.25) is 0 Å². The largest absolute Gasteiger partial charge is 0.113 e. The van der Waals surface area contributed by atoms with Gasteiger partial charge in [0.05, 0.1) is 5.41 Å². The predicted molar refractivity (Wildman–Crippen MR) is 144 cm³/mol. The van der Waals surface area contributed by atoms with Crippen molar-refractivity contribution in [3.63, 3.8) is 0 Å². The van der Waals surface area contributed by atoms with Crippen LogP contribution in [0, 0.1) is 13.8 Å². The highest BCUT2D eigenvalue weighted by atomic mass is 14.5. The van der Waals surface area contributed by atoms with Crippen molar-refractivity contribution in [1.82, 2.24) is 0 Å². The molecular formula is C33H25B. The van der Waals surface area contributed by atoms with Crippen molar-refractivity contribution in [3.05, 3.63) is 149 Å². The van der Waals surface area contributed by atoms with Crippen molar-refractivity contribution < 1.29 is 0 Å². The van der Waals surface area contributed by atoms with E-state index in [1.165, 1.54) is 55.6 Å². The maximum atomic E-state index is 6.41. The van der Waals surface area contributed by atoms with E-state index in [0.29, 0.717) is 0 Å². The topological polar surface area (TPSA) is 0 Å². The molecule has 0 unspecified atom stereocenters. The fraction of sp³-hybridized carbons (Fsp3) is 0.0909. The molecule has 0 saturated heterocycles. The molecule has 5 aromatic carbocycles. The molecule has 34 heavy (non-hydrogen) atoms. The Morgan fingerprint density at radius 3 is 1.62 bits per heavy atom. The lowest BCUT2D eigenvalue weighted by molar-refractivity contribution is 0.768. The minimum atomic E-state index is -0.438. The second kappa shape index (κ2) is 7.89. The molecule has 0 saturated carbocycles. The van der Waals surface area contributed by atoms with Crippen molar-refractivity contribution in [3.8, 4) is 22.3 Å². The van der Waals surface area contributed by atoms with E-state index in [4.69, 9.17) is 7.85 Å². The van der Waals surface area contributed by atoms with Crippen LogP contribution in [0.5, 0.6) is 0 Å². The molecule has 1 heteroatoms. The summed E-state index contributed by atoms with van der Waals surface area (Å²) in [7, 11) is 6.41. The van der Waals surface area contributed by atoms with E-state index in [2.05, 4.69) is 123 Å². The fourth-order valence-corrected chi connectivity index (χ4v) is 5.55. The summed E-state index contributed by atoms with van der Waals surface area (Å²) in [5, 5.41) is 0. The van der Waals surface area contributed by atoms with E-state index in [-0.39, 0.29) is 0 Å². The number of benzene rings is 5. The molecule has 0 fully saturated rings. The van der Waals surface area contributed by atoms with E-state index >= 15 is 0 Å². The number of hydrogen-bond acceptors (Lipinski definition) is 0. The number of aryl methyl sites for hydroxylation is 2. The predicted octanol–water partition coefficient (Wildman–Crippen LogP) is 7.13. The van der Waals surface area contributed by atoms with Gasteiger partial charge in [0.15, 0.2) is 0 Å². The molecule has 0 aliphatic heterocycles. The van der Waals surface area contributed by atoms with Crippen LogP contribution in [0.15, 0.2) is 115 Å². The first-order valence-electron chi connectivity index (χ1n) is 11.8. The lowest BCUT2D eigenvalue weighted by Gasteiger charge is -2.34. The van der Waals surface area contributed by atoms with E-state index in [1.54, 1.807) is 0 Å². The SMILES string of the molecule is [B]c1ccc2c(c1)C(c1ccc(C)cc1)(c1ccc(C)cc1)c1cc(-c3ccccc3)ccc1-2. The van der Waals surface area contributed by atoms with Gasteiger partial charge in [0.25, 0.3) is 0 Å². The van der Waals surface area contributed by atoms with E-state index in [1.807, 2.05) is 6.07 Å². The van der Waals surface area contributed by atoms with E-state index in [9.17, 15) is 0 Å². The summed E-state index contributed by atoms with van der Waals surface area (Å²) in [6.07, 6.45) is 0. The van der Waals surface area contributed by atoms with Gasteiger partial charge >= 0.3 is 0 Å². The number of hydrogen-bond donors (Lipinski definition) is 0. The molecule has 0 heterocycles. The zero-order chi connectivity index (χ0) is 23.3. The van der Waals surface area contributed by atoms with Crippen LogP contribution in [0.25, 0.3) is 22.3 Å². The molecule has 1 aliphatic rings. The van der Waals surface area contributed by atoms with Crippen molar-refractivity contribution in [1.29, 1.82) is 0 Å². The average molecular weight is 432 g/mol. The third-order valence-corrected chi connectivity index (χ3v) is 7.24. The van der Waals surface area contributed by atoms with Gasteiger partial charge in [0, 0.05) is 0 Å². The third kappa shape index (κ3) is 3.08. The minimum Gasteiger partial charge on any atom is -0.0963 e. The molecule has 160 valence electrons. The Kier molecular flexibility index (Phi) is 4.81. The second-order valence-corrected chi connectivity index (χ2v) is 9.41. The summed E-state index contributed by atoms with van der Waals surface area (Å²) < 4.78 is 0. The molecule has 2 radical (unpaired) electrons. The van der Waals surface area contributed by atoms with Crippen molar-refractivity contribution >= 4 is 13.3 Å². The summed E-state index contributed by atoms with van der Waals surface area (Å²) in [6.45, 7) is 4.29. The summed E-state index contributed by atoms with van der Waals surface area (Å²) in [5.41, 5.74) is 12.9. The van der Waals surface area contributed by atoms with Crippen molar-refractivity contribution in [2.75, 3.05) is 0 Å². The van der Waals surface area contributed by atoms with E-state index < -0.39 is 5.41 Å². The lowest BCUT2D eigenvalue weighted by atomic mass is 9.66. The monoisotopic (exact) mass is 432 g/mol. The van der Waals surface area contributed by atoms with Gasteiger partial charge < -0.3 is 0 Å². The molecule has 0 N–H and O–H groups in total. The molecule has 0 aromatic heterocycles. The van der Waals surface area contributed by atoms with Gasteiger partial charge in [-0.2, -0.15) is 0 Å². The molecule has 5 aromatic rings. The van der Waals surface area contributed by atoms with Crippen LogP contribution < -0.4 is 5.46 Å². The maximum absolute atomic E-state index is 6.41. The van der Waals surface area contributed by atoms with Crippen LogP contribution in [0.1, 0.15) is 33.4 Å². The molecule has 1 aliphatic carbocycles.